The molecule has 0 bridgehead atoms. The standard InChI is InChI=1S/C13H19F3N4S/c1-2-17-12(19-7-9-3-4-9)18-6-5-11-20-10(8-21-11)13(14,15)16/h8-9H,2-7H2,1H3,(H2,17,18,19). The van der Waals surface area contributed by atoms with Crippen molar-refractivity contribution in [2.75, 3.05) is 19.6 Å². The molecule has 1 fully saturated rings. The number of nitrogens with zero attached hydrogens (tertiary/aromatic N) is 2. The Hall–Kier alpha value is -1.31. The molecule has 4 nitrogen and oxygen atoms in total. The molecule has 21 heavy (non-hydrogen) atoms. The van der Waals surface area contributed by atoms with Crippen LogP contribution < -0.4 is 10.6 Å². The molecule has 1 aromatic heterocycles. The first-order valence-electron chi connectivity index (χ1n) is 7.03. The molecule has 2 rings (SSSR count). The molecule has 1 aliphatic carbocycles. The molecule has 118 valence electrons. The zero-order valence-corrected chi connectivity index (χ0v) is 12.7. The van der Waals surface area contributed by atoms with E-state index in [1.54, 1.807) is 0 Å². The summed E-state index contributed by atoms with van der Waals surface area (Å²) in [6.07, 6.45) is -1.43. The first-order valence-corrected chi connectivity index (χ1v) is 7.90. The largest absolute Gasteiger partial charge is 0.434 e. The zero-order chi connectivity index (χ0) is 15.3. The molecule has 2 N–H and O–H groups in total. The van der Waals surface area contributed by atoms with Gasteiger partial charge in [0.2, 0.25) is 0 Å². The van der Waals surface area contributed by atoms with Gasteiger partial charge in [-0.05, 0) is 25.7 Å². The number of thiazole rings is 1. The van der Waals surface area contributed by atoms with E-state index in [2.05, 4.69) is 20.6 Å². The minimum atomic E-state index is -4.36. The Morgan fingerprint density at radius 2 is 2.19 bits per heavy atom. The minimum absolute atomic E-state index is 0.453. The van der Waals surface area contributed by atoms with Crippen LogP contribution in [0.15, 0.2) is 10.4 Å². The third kappa shape index (κ3) is 5.53. The summed E-state index contributed by atoms with van der Waals surface area (Å²) in [4.78, 5) is 8.05. The molecule has 0 unspecified atom stereocenters. The molecule has 1 aliphatic rings. The van der Waals surface area contributed by atoms with Crippen molar-refractivity contribution in [1.82, 2.24) is 15.6 Å². The third-order valence-corrected chi connectivity index (χ3v) is 3.93. The van der Waals surface area contributed by atoms with Crippen LogP contribution in [0.1, 0.15) is 30.5 Å². The van der Waals surface area contributed by atoms with Gasteiger partial charge in [-0.15, -0.1) is 11.3 Å². The molecular formula is C13H19F3N4S. The number of rotatable bonds is 6. The zero-order valence-electron chi connectivity index (χ0n) is 11.8. The van der Waals surface area contributed by atoms with Crippen LogP contribution in [0.5, 0.6) is 0 Å². The first-order chi connectivity index (χ1) is 9.99. The van der Waals surface area contributed by atoms with E-state index in [-0.39, 0.29) is 0 Å². The van der Waals surface area contributed by atoms with Crippen LogP contribution in [0.4, 0.5) is 13.2 Å². The van der Waals surface area contributed by atoms with E-state index in [1.165, 1.54) is 12.8 Å². The van der Waals surface area contributed by atoms with Crippen molar-refractivity contribution in [3.63, 3.8) is 0 Å². The average Bonchev–Trinajstić information content (AvgIpc) is 3.11. The summed E-state index contributed by atoms with van der Waals surface area (Å²) in [5, 5.41) is 7.78. The molecule has 0 aromatic carbocycles. The van der Waals surface area contributed by atoms with E-state index in [0.29, 0.717) is 23.9 Å². The normalized spacial score (nSPS) is 16.1. The van der Waals surface area contributed by atoms with Crippen LogP contribution in [0.25, 0.3) is 0 Å². The Balaban J connectivity index is 1.78. The van der Waals surface area contributed by atoms with Crippen molar-refractivity contribution in [3.05, 3.63) is 16.1 Å². The average molecular weight is 320 g/mol. The van der Waals surface area contributed by atoms with Gasteiger partial charge in [-0.1, -0.05) is 0 Å². The fourth-order valence-electron chi connectivity index (χ4n) is 1.71. The summed E-state index contributed by atoms with van der Waals surface area (Å²) in [6.45, 7) is 4.06. The highest BCUT2D eigenvalue weighted by atomic mass is 32.1. The van der Waals surface area contributed by atoms with E-state index >= 15 is 0 Å². The van der Waals surface area contributed by atoms with Gasteiger partial charge in [-0.25, -0.2) is 4.98 Å². The molecule has 1 aromatic rings. The van der Waals surface area contributed by atoms with Crippen LogP contribution in [0.2, 0.25) is 0 Å². The third-order valence-electron chi connectivity index (χ3n) is 3.02. The van der Waals surface area contributed by atoms with Gasteiger partial charge in [-0.2, -0.15) is 13.2 Å². The Labute approximate surface area is 125 Å². The number of nitrogens with one attached hydrogen (secondary N) is 2. The van der Waals surface area contributed by atoms with Crippen molar-refractivity contribution in [1.29, 1.82) is 0 Å². The summed E-state index contributed by atoms with van der Waals surface area (Å²) in [6, 6.07) is 0. The number of hydrogen-bond donors (Lipinski definition) is 2. The summed E-state index contributed by atoms with van der Waals surface area (Å²) in [5.41, 5.74) is -0.809. The second-order valence-electron chi connectivity index (χ2n) is 4.96. The second-order valence-corrected chi connectivity index (χ2v) is 5.91. The summed E-state index contributed by atoms with van der Waals surface area (Å²) in [7, 11) is 0. The molecule has 0 saturated heterocycles. The molecular weight excluding hydrogens is 301 g/mol. The van der Waals surface area contributed by atoms with Crippen LogP contribution >= 0.6 is 11.3 Å². The molecule has 0 atom stereocenters. The number of aliphatic imine (C=N–C) groups is 1. The maximum absolute atomic E-state index is 12.4. The summed E-state index contributed by atoms with van der Waals surface area (Å²) >= 11 is 1.04. The Morgan fingerprint density at radius 3 is 2.76 bits per heavy atom. The molecule has 0 radical (unpaired) electrons. The maximum Gasteiger partial charge on any atom is 0.434 e. The lowest BCUT2D eigenvalue weighted by atomic mass is 10.4. The lowest BCUT2D eigenvalue weighted by molar-refractivity contribution is -0.140. The van der Waals surface area contributed by atoms with E-state index in [9.17, 15) is 13.2 Å². The molecule has 1 saturated carbocycles. The topological polar surface area (TPSA) is 49.3 Å². The van der Waals surface area contributed by atoms with Gasteiger partial charge in [0.25, 0.3) is 0 Å². The van der Waals surface area contributed by atoms with Gasteiger partial charge < -0.3 is 10.6 Å². The molecule has 0 aliphatic heterocycles. The van der Waals surface area contributed by atoms with Crippen LogP contribution in [-0.2, 0) is 12.6 Å². The first kappa shape index (κ1) is 16.1. The fourth-order valence-corrected chi connectivity index (χ4v) is 2.51. The fraction of sp³-hybridized carbons (Fsp3) is 0.692. The van der Waals surface area contributed by atoms with E-state index in [1.807, 2.05) is 6.92 Å². The lowest BCUT2D eigenvalue weighted by Gasteiger charge is -2.10. The highest BCUT2D eigenvalue weighted by Gasteiger charge is 2.33. The van der Waals surface area contributed by atoms with Gasteiger partial charge >= 0.3 is 6.18 Å². The SMILES string of the molecule is CCNC(=NCC1CC1)NCCc1nc(C(F)(F)F)cs1. The number of alkyl halides is 3. The Morgan fingerprint density at radius 1 is 1.43 bits per heavy atom. The van der Waals surface area contributed by atoms with Crippen LogP contribution in [-0.4, -0.2) is 30.6 Å². The van der Waals surface area contributed by atoms with Crippen molar-refractivity contribution in [2.45, 2.75) is 32.4 Å². The van der Waals surface area contributed by atoms with Crippen LogP contribution in [0, 0.1) is 5.92 Å². The predicted molar refractivity (Wildman–Crippen MR) is 77.5 cm³/mol. The van der Waals surface area contributed by atoms with Crippen molar-refractivity contribution < 1.29 is 13.2 Å². The quantitative estimate of drug-likeness (QED) is 0.626. The van der Waals surface area contributed by atoms with Gasteiger partial charge in [0, 0.05) is 31.4 Å². The van der Waals surface area contributed by atoms with Gasteiger partial charge in [0.05, 0.1) is 5.01 Å². The smallest absolute Gasteiger partial charge is 0.357 e. The molecule has 0 amide bonds. The minimum Gasteiger partial charge on any atom is -0.357 e. The van der Waals surface area contributed by atoms with Gasteiger partial charge in [-0.3, -0.25) is 4.99 Å². The molecule has 8 heteroatoms. The van der Waals surface area contributed by atoms with Crippen molar-refractivity contribution in [2.24, 2.45) is 10.9 Å². The second kappa shape index (κ2) is 7.11. The Kier molecular flexibility index (Phi) is 5.44. The number of halogens is 3. The van der Waals surface area contributed by atoms with E-state index in [4.69, 9.17) is 0 Å². The van der Waals surface area contributed by atoms with Crippen molar-refractivity contribution >= 4 is 17.3 Å². The highest BCUT2D eigenvalue weighted by molar-refractivity contribution is 7.09. The molecule has 0 spiro atoms. The number of guanidine groups is 1. The van der Waals surface area contributed by atoms with Gasteiger partial charge in [0.15, 0.2) is 11.7 Å². The number of hydrogen-bond acceptors (Lipinski definition) is 3. The predicted octanol–water partition coefficient (Wildman–Crippen LogP) is 2.67. The van der Waals surface area contributed by atoms with Crippen LogP contribution in [0.3, 0.4) is 0 Å². The van der Waals surface area contributed by atoms with Gasteiger partial charge in [0.1, 0.15) is 0 Å². The summed E-state index contributed by atoms with van der Waals surface area (Å²) < 4.78 is 37.3. The molecule has 1 heterocycles. The lowest BCUT2D eigenvalue weighted by Crippen LogP contribution is -2.38. The summed E-state index contributed by atoms with van der Waals surface area (Å²) in [5.74, 6) is 1.42. The Bertz CT molecular complexity index is 480. The monoisotopic (exact) mass is 320 g/mol. The maximum atomic E-state index is 12.4. The van der Waals surface area contributed by atoms with E-state index in [0.717, 1.165) is 35.8 Å². The highest BCUT2D eigenvalue weighted by Crippen LogP contribution is 2.30. The van der Waals surface area contributed by atoms with Crippen molar-refractivity contribution in [3.8, 4) is 0 Å². The van der Waals surface area contributed by atoms with E-state index < -0.39 is 11.9 Å². The number of aromatic nitrogens is 1.